The van der Waals surface area contributed by atoms with Crippen LogP contribution in [0.1, 0.15) is 47.0 Å². The number of likely N-dealkylation sites (tertiary alicyclic amines) is 1. The standard InChI is InChI=1S/C15H34NO3Si/c1-5-16(12-10-9-11-13-16)14-15-20(17-6-2,18-7-3)19-8-4/h5-15H2,1-4H3/q+1. The van der Waals surface area contributed by atoms with Gasteiger partial charge in [0.25, 0.3) is 0 Å². The largest absolute Gasteiger partial charge is 0.506 e. The Morgan fingerprint density at radius 1 is 0.800 bits per heavy atom. The molecule has 1 aliphatic rings. The fraction of sp³-hybridized carbons (Fsp3) is 1.00. The van der Waals surface area contributed by atoms with Crippen LogP contribution >= 0.6 is 0 Å². The molecule has 0 aromatic carbocycles. The third-order valence-corrected chi connectivity index (χ3v) is 7.44. The molecule has 5 heteroatoms. The second-order valence-corrected chi connectivity index (χ2v) is 8.35. The first-order valence-electron chi connectivity index (χ1n) is 8.43. The molecule has 1 saturated heterocycles. The van der Waals surface area contributed by atoms with Gasteiger partial charge in [-0.05, 0) is 47.0 Å². The van der Waals surface area contributed by atoms with Crippen LogP contribution in [0.3, 0.4) is 0 Å². The van der Waals surface area contributed by atoms with E-state index in [-0.39, 0.29) is 0 Å². The van der Waals surface area contributed by atoms with Gasteiger partial charge in [0.1, 0.15) is 0 Å². The van der Waals surface area contributed by atoms with E-state index in [9.17, 15) is 0 Å². The predicted molar refractivity (Wildman–Crippen MR) is 84.7 cm³/mol. The number of quaternary nitrogens is 1. The van der Waals surface area contributed by atoms with E-state index < -0.39 is 8.80 Å². The number of hydrogen-bond donors (Lipinski definition) is 0. The van der Waals surface area contributed by atoms with Crippen molar-refractivity contribution in [3.8, 4) is 0 Å². The van der Waals surface area contributed by atoms with Gasteiger partial charge < -0.3 is 17.8 Å². The van der Waals surface area contributed by atoms with Crippen molar-refractivity contribution in [2.45, 2.75) is 53.0 Å². The molecular formula is C15H34NO3Si+. The highest BCUT2D eigenvalue weighted by Gasteiger charge is 2.43. The van der Waals surface area contributed by atoms with Gasteiger partial charge in [-0.1, -0.05) is 0 Å². The van der Waals surface area contributed by atoms with Crippen molar-refractivity contribution in [3.05, 3.63) is 0 Å². The lowest BCUT2D eigenvalue weighted by molar-refractivity contribution is -0.929. The van der Waals surface area contributed by atoms with E-state index in [1.807, 2.05) is 20.8 Å². The molecule has 1 fully saturated rings. The Balaban J connectivity index is 2.67. The molecular weight excluding hydrogens is 270 g/mol. The molecule has 0 N–H and O–H groups in total. The minimum atomic E-state index is -2.46. The lowest BCUT2D eigenvalue weighted by Gasteiger charge is -2.42. The van der Waals surface area contributed by atoms with Gasteiger partial charge in [0.2, 0.25) is 0 Å². The third-order valence-electron chi connectivity index (χ3n) is 4.42. The number of nitrogens with zero attached hydrogens (tertiary/aromatic N) is 1. The quantitative estimate of drug-likeness (QED) is 0.458. The molecule has 0 amide bonds. The number of piperidine rings is 1. The molecule has 0 atom stereocenters. The molecule has 1 heterocycles. The second-order valence-electron chi connectivity index (χ2n) is 5.62. The highest BCUT2D eigenvalue weighted by Crippen LogP contribution is 2.24. The summed E-state index contributed by atoms with van der Waals surface area (Å²) < 4.78 is 19.2. The van der Waals surface area contributed by atoms with Crippen LogP contribution in [-0.2, 0) is 13.3 Å². The monoisotopic (exact) mass is 304 g/mol. The molecule has 120 valence electrons. The van der Waals surface area contributed by atoms with Crippen LogP contribution in [0.25, 0.3) is 0 Å². The minimum Gasteiger partial charge on any atom is -0.374 e. The Hall–Kier alpha value is 0.0569. The van der Waals surface area contributed by atoms with Gasteiger partial charge in [-0.25, -0.2) is 0 Å². The zero-order valence-electron chi connectivity index (χ0n) is 14.0. The maximum atomic E-state index is 5.98. The van der Waals surface area contributed by atoms with Crippen molar-refractivity contribution in [2.24, 2.45) is 0 Å². The van der Waals surface area contributed by atoms with E-state index in [2.05, 4.69) is 6.92 Å². The topological polar surface area (TPSA) is 27.7 Å². The van der Waals surface area contributed by atoms with Crippen molar-refractivity contribution in [3.63, 3.8) is 0 Å². The van der Waals surface area contributed by atoms with Gasteiger partial charge in [-0.2, -0.15) is 0 Å². The average molecular weight is 305 g/mol. The maximum Gasteiger partial charge on any atom is 0.506 e. The summed E-state index contributed by atoms with van der Waals surface area (Å²) in [5.41, 5.74) is 0. The molecule has 0 aromatic rings. The molecule has 0 radical (unpaired) electrons. The molecule has 0 unspecified atom stereocenters. The highest BCUT2D eigenvalue weighted by molar-refractivity contribution is 6.60. The maximum absolute atomic E-state index is 5.98. The van der Waals surface area contributed by atoms with Crippen molar-refractivity contribution < 1.29 is 17.8 Å². The molecule has 0 bridgehead atoms. The molecule has 4 nitrogen and oxygen atoms in total. The fourth-order valence-corrected chi connectivity index (χ4v) is 6.01. The molecule has 1 aliphatic heterocycles. The SMILES string of the molecule is CCO[Si](CC[N+]1(CC)CCCCC1)(OCC)OCC. The summed E-state index contributed by atoms with van der Waals surface area (Å²) in [5, 5.41) is 0. The van der Waals surface area contributed by atoms with Crippen molar-refractivity contribution in [2.75, 3.05) is 46.0 Å². The average Bonchev–Trinajstić information content (AvgIpc) is 2.47. The Kier molecular flexibility index (Phi) is 8.29. The van der Waals surface area contributed by atoms with Crippen LogP contribution in [0.15, 0.2) is 0 Å². The van der Waals surface area contributed by atoms with Gasteiger partial charge in [-0.15, -0.1) is 0 Å². The van der Waals surface area contributed by atoms with E-state index in [1.165, 1.54) is 43.4 Å². The van der Waals surface area contributed by atoms with Crippen LogP contribution < -0.4 is 0 Å². The summed E-state index contributed by atoms with van der Waals surface area (Å²) >= 11 is 0. The van der Waals surface area contributed by atoms with Crippen LogP contribution in [0.2, 0.25) is 6.04 Å². The van der Waals surface area contributed by atoms with Crippen molar-refractivity contribution in [1.82, 2.24) is 0 Å². The Bertz CT molecular complexity index is 240. The van der Waals surface area contributed by atoms with Crippen LogP contribution in [0.5, 0.6) is 0 Å². The fourth-order valence-electron chi connectivity index (χ4n) is 3.26. The molecule has 20 heavy (non-hydrogen) atoms. The molecule has 0 saturated carbocycles. The molecule has 0 spiro atoms. The zero-order valence-corrected chi connectivity index (χ0v) is 15.0. The van der Waals surface area contributed by atoms with Gasteiger partial charge in [0, 0.05) is 19.8 Å². The van der Waals surface area contributed by atoms with E-state index in [0.29, 0.717) is 19.8 Å². The Morgan fingerprint density at radius 3 is 1.70 bits per heavy atom. The van der Waals surface area contributed by atoms with Crippen LogP contribution in [0, 0.1) is 0 Å². The van der Waals surface area contributed by atoms with Gasteiger partial charge in [-0.3, -0.25) is 0 Å². The predicted octanol–water partition coefficient (Wildman–Crippen LogP) is 3.06. The number of rotatable bonds is 10. The molecule has 1 rings (SSSR count). The first kappa shape index (κ1) is 18.1. The van der Waals surface area contributed by atoms with E-state index in [0.717, 1.165) is 12.6 Å². The Labute approximate surface area is 126 Å². The summed E-state index contributed by atoms with van der Waals surface area (Å²) in [4.78, 5) is 0. The summed E-state index contributed by atoms with van der Waals surface area (Å²) in [5.74, 6) is 0. The molecule has 0 aromatic heterocycles. The third kappa shape index (κ3) is 5.11. The van der Waals surface area contributed by atoms with E-state index in [1.54, 1.807) is 0 Å². The van der Waals surface area contributed by atoms with Crippen molar-refractivity contribution >= 4 is 8.80 Å². The van der Waals surface area contributed by atoms with Gasteiger partial charge >= 0.3 is 8.80 Å². The minimum absolute atomic E-state index is 0.679. The van der Waals surface area contributed by atoms with E-state index >= 15 is 0 Å². The lowest BCUT2D eigenvalue weighted by atomic mass is 10.1. The first-order chi connectivity index (χ1) is 9.66. The van der Waals surface area contributed by atoms with Crippen molar-refractivity contribution in [1.29, 1.82) is 0 Å². The zero-order chi connectivity index (χ0) is 14.9. The van der Waals surface area contributed by atoms with Gasteiger partial charge in [0.15, 0.2) is 0 Å². The van der Waals surface area contributed by atoms with E-state index in [4.69, 9.17) is 13.3 Å². The summed E-state index contributed by atoms with van der Waals surface area (Å²) in [6, 6.07) is 0.955. The first-order valence-corrected chi connectivity index (χ1v) is 10.4. The molecule has 0 aliphatic carbocycles. The summed E-state index contributed by atoms with van der Waals surface area (Å²) in [6.07, 6.45) is 4.12. The number of hydrogen-bond acceptors (Lipinski definition) is 3. The smallest absolute Gasteiger partial charge is 0.374 e. The summed E-state index contributed by atoms with van der Waals surface area (Å²) in [6.45, 7) is 15.4. The second kappa shape index (κ2) is 9.15. The Morgan fingerprint density at radius 2 is 1.30 bits per heavy atom. The van der Waals surface area contributed by atoms with Crippen LogP contribution in [0.4, 0.5) is 0 Å². The summed E-state index contributed by atoms with van der Waals surface area (Å²) in [7, 11) is -2.46. The normalized spacial score (nSPS) is 19.2. The van der Waals surface area contributed by atoms with Gasteiger partial charge in [0.05, 0.1) is 32.2 Å². The lowest BCUT2D eigenvalue weighted by Crippen LogP contribution is -2.56. The highest BCUT2D eigenvalue weighted by atomic mass is 28.4. The van der Waals surface area contributed by atoms with Crippen LogP contribution in [-0.4, -0.2) is 59.3 Å².